The minimum Gasteiger partial charge on any atom is -0.454 e. The maximum Gasteiger partial charge on any atom is 0.335 e. The summed E-state index contributed by atoms with van der Waals surface area (Å²) in [5.41, 5.74) is -0.150. The third-order valence-corrected chi connectivity index (χ3v) is 5.87. The number of thiocarbonyl (C=S) groups is 1. The van der Waals surface area contributed by atoms with Crippen molar-refractivity contribution in [3.63, 3.8) is 0 Å². The number of carbonyl (C=O) groups is 5. The number of hydrogen-bond acceptors (Lipinski definition) is 8. The van der Waals surface area contributed by atoms with E-state index in [0.717, 1.165) is 11.0 Å². The quantitative estimate of drug-likeness (QED) is 0.274. The largest absolute Gasteiger partial charge is 0.454 e. The highest BCUT2D eigenvalue weighted by Gasteiger charge is 2.43. The Morgan fingerprint density at radius 2 is 1.60 bits per heavy atom. The Morgan fingerprint density at radius 1 is 0.914 bits per heavy atom. The Bertz CT molecular complexity index is 1370. The van der Waals surface area contributed by atoms with Gasteiger partial charge in [-0.2, -0.15) is 0 Å². The van der Waals surface area contributed by atoms with Gasteiger partial charge in [0, 0.05) is 11.1 Å². The number of imide groups is 2. The summed E-state index contributed by atoms with van der Waals surface area (Å²) in [4.78, 5) is 65.8. The van der Waals surface area contributed by atoms with Crippen molar-refractivity contribution < 1.29 is 33.4 Å². The monoisotopic (exact) mass is 512 g/mol. The topological polar surface area (TPSA) is 134 Å². The lowest BCUT2D eigenvalue weighted by Crippen LogP contribution is -2.58. The van der Waals surface area contributed by atoms with Gasteiger partial charge in [-0.05, 0) is 54.7 Å². The standard InChI is InChI=1S/C22H13ClN4O7S/c23-10-1-3-11(4-2-10)27-20(31)14(18(29)25-22(27)35)8-13-17(28)24-21(32)26(19(13)30)12-5-6-15-16(7-12)34-9-33-15/h1-8,14H,9H2,(H,24,28,32)(H,25,29,35)/b13-8+/t14-/m1/s1. The van der Waals surface area contributed by atoms with Crippen molar-refractivity contribution in [2.45, 2.75) is 0 Å². The summed E-state index contributed by atoms with van der Waals surface area (Å²) < 4.78 is 10.5. The Kier molecular flexibility index (Phi) is 5.46. The van der Waals surface area contributed by atoms with E-state index in [4.69, 9.17) is 33.3 Å². The zero-order valence-electron chi connectivity index (χ0n) is 17.4. The van der Waals surface area contributed by atoms with Crippen LogP contribution >= 0.6 is 23.8 Å². The Balaban J connectivity index is 1.49. The molecule has 35 heavy (non-hydrogen) atoms. The van der Waals surface area contributed by atoms with Gasteiger partial charge in [-0.3, -0.25) is 29.4 Å². The molecule has 13 heteroatoms. The lowest BCUT2D eigenvalue weighted by atomic mass is 9.98. The van der Waals surface area contributed by atoms with E-state index >= 15 is 0 Å². The molecule has 2 saturated heterocycles. The zero-order valence-corrected chi connectivity index (χ0v) is 19.0. The van der Waals surface area contributed by atoms with Gasteiger partial charge in [-0.25, -0.2) is 9.69 Å². The molecule has 0 radical (unpaired) electrons. The fourth-order valence-electron chi connectivity index (χ4n) is 3.67. The highest BCUT2D eigenvalue weighted by molar-refractivity contribution is 7.80. The minimum absolute atomic E-state index is 0.0204. The normalized spacial score (nSPS) is 20.9. The van der Waals surface area contributed by atoms with Crippen LogP contribution in [0.2, 0.25) is 5.02 Å². The van der Waals surface area contributed by atoms with Crippen LogP contribution in [-0.4, -0.2) is 41.6 Å². The van der Waals surface area contributed by atoms with Gasteiger partial charge in [0.15, 0.2) is 16.6 Å². The molecule has 3 aliphatic heterocycles. The van der Waals surface area contributed by atoms with Crippen molar-refractivity contribution in [3.05, 3.63) is 59.1 Å². The van der Waals surface area contributed by atoms with Gasteiger partial charge in [-0.15, -0.1) is 0 Å². The van der Waals surface area contributed by atoms with Crippen LogP contribution in [0.25, 0.3) is 0 Å². The predicted molar refractivity (Wildman–Crippen MR) is 125 cm³/mol. The third kappa shape index (κ3) is 3.88. The number of nitrogens with one attached hydrogen (secondary N) is 2. The van der Waals surface area contributed by atoms with Gasteiger partial charge in [0.05, 0.1) is 11.4 Å². The van der Waals surface area contributed by atoms with E-state index in [2.05, 4.69) is 5.32 Å². The number of barbiturate groups is 1. The second-order valence-electron chi connectivity index (χ2n) is 7.44. The summed E-state index contributed by atoms with van der Waals surface area (Å²) in [5, 5.41) is 4.68. The second-order valence-corrected chi connectivity index (χ2v) is 8.26. The van der Waals surface area contributed by atoms with Crippen LogP contribution in [0.15, 0.2) is 54.1 Å². The fourth-order valence-corrected chi connectivity index (χ4v) is 4.10. The van der Waals surface area contributed by atoms with E-state index in [0.29, 0.717) is 27.1 Å². The van der Waals surface area contributed by atoms with Crippen molar-refractivity contribution in [3.8, 4) is 11.5 Å². The van der Waals surface area contributed by atoms with Gasteiger partial charge in [-0.1, -0.05) is 11.6 Å². The first kappa shape index (κ1) is 22.5. The maximum atomic E-state index is 13.2. The van der Waals surface area contributed by atoms with E-state index in [1.807, 2.05) is 5.32 Å². The third-order valence-electron chi connectivity index (χ3n) is 5.34. The first-order valence-electron chi connectivity index (χ1n) is 10.00. The molecule has 0 aliphatic carbocycles. The van der Waals surface area contributed by atoms with Crippen molar-refractivity contribution in [2.75, 3.05) is 16.6 Å². The zero-order chi connectivity index (χ0) is 24.9. The molecule has 0 spiro atoms. The molecule has 3 heterocycles. The highest BCUT2D eigenvalue weighted by atomic mass is 35.5. The molecule has 2 N–H and O–H groups in total. The van der Waals surface area contributed by atoms with E-state index in [-0.39, 0.29) is 17.6 Å². The van der Waals surface area contributed by atoms with Gasteiger partial charge in [0.2, 0.25) is 18.6 Å². The van der Waals surface area contributed by atoms with Crippen molar-refractivity contribution in [1.82, 2.24) is 10.6 Å². The first-order chi connectivity index (χ1) is 16.7. The summed E-state index contributed by atoms with van der Waals surface area (Å²) in [6.45, 7) is -0.0204. The van der Waals surface area contributed by atoms with Crippen molar-refractivity contribution in [2.24, 2.45) is 5.92 Å². The molecule has 176 valence electrons. The molecule has 6 amide bonds. The number of fused-ring (bicyclic) bond motifs is 1. The van der Waals surface area contributed by atoms with Crippen LogP contribution in [-0.2, 0) is 19.2 Å². The molecule has 1 atom stereocenters. The van der Waals surface area contributed by atoms with Gasteiger partial charge in [0.1, 0.15) is 11.5 Å². The number of carbonyl (C=O) groups excluding carboxylic acids is 5. The van der Waals surface area contributed by atoms with Crippen molar-refractivity contribution in [1.29, 1.82) is 0 Å². The number of benzene rings is 2. The molecule has 0 aromatic heterocycles. The molecular formula is C22H13ClN4O7S. The minimum atomic E-state index is -1.58. The number of amides is 6. The Hall–Kier alpha value is -4.29. The molecule has 5 rings (SSSR count). The lowest BCUT2D eigenvalue weighted by Gasteiger charge is -2.32. The van der Waals surface area contributed by atoms with Gasteiger partial charge in [0.25, 0.3) is 11.8 Å². The maximum absolute atomic E-state index is 13.2. The van der Waals surface area contributed by atoms with Crippen LogP contribution < -0.4 is 29.9 Å². The fraction of sp³-hybridized carbons (Fsp3) is 0.0909. The van der Waals surface area contributed by atoms with E-state index in [1.165, 1.54) is 42.5 Å². The molecule has 0 unspecified atom stereocenters. The van der Waals surface area contributed by atoms with E-state index in [9.17, 15) is 24.0 Å². The summed E-state index contributed by atoms with van der Waals surface area (Å²) in [6, 6.07) is 9.43. The van der Waals surface area contributed by atoms with Gasteiger partial charge < -0.3 is 14.8 Å². The predicted octanol–water partition coefficient (Wildman–Crippen LogP) is 1.64. The number of halogens is 1. The van der Waals surface area contributed by atoms with Crippen LogP contribution in [0.1, 0.15) is 0 Å². The second kappa shape index (κ2) is 8.49. The van der Waals surface area contributed by atoms with E-state index in [1.54, 1.807) is 0 Å². The SMILES string of the molecule is O=C1NC(=O)N(c2ccc3c(c2)OCO3)C(=O)/C1=C/[C@@H]1C(=O)NC(=S)N(c2ccc(Cl)cc2)C1=O. The highest BCUT2D eigenvalue weighted by Crippen LogP contribution is 2.36. The van der Waals surface area contributed by atoms with Gasteiger partial charge >= 0.3 is 6.03 Å². The summed E-state index contributed by atoms with van der Waals surface area (Å²) in [7, 11) is 0. The Labute approximate surface area is 207 Å². The molecule has 3 aliphatic rings. The molecule has 2 aromatic rings. The Morgan fingerprint density at radius 3 is 2.34 bits per heavy atom. The average Bonchev–Trinajstić information content (AvgIpc) is 3.27. The number of nitrogens with zero attached hydrogens (tertiary/aromatic N) is 2. The molecule has 2 aromatic carbocycles. The lowest BCUT2D eigenvalue weighted by molar-refractivity contribution is -0.131. The molecule has 11 nitrogen and oxygen atoms in total. The first-order valence-corrected chi connectivity index (χ1v) is 10.8. The molecule has 2 fully saturated rings. The van der Waals surface area contributed by atoms with Crippen LogP contribution in [0.4, 0.5) is 16.2 Å². The summed E-state index contributed by atoms with van der Waals surface area (Å²) >= 11 is 11.0. The number of ether oxygens (including phenoxy) is 2. The van der Waals surface area contributed by atoms with Crippen LogP contribution in [0, 0.1) is 5.92 Å². The smallest absolute Gasteiger partial charge is 0.335 e. The van der Waals surface area contributed by atoms with E-state index < -0.39 is 41.2 Å². The molecule has 0 bridgehead atoms. The summed E-state index contributed by atoms with van der Waals surface area (Å²) in [5.74, 6) is -4.54. The number of anilines is 2. The van der Waals surface area contributed by atoms with Crippen LogP contribution in [0.5, 0.6) is 11.5 Å². The summed E-state index contributed by atoms with van der Waals surface area (Å²) in [6.07, 6.45) is 0.909. The number of rotatable bonds is 3. The van der Waals surface area contributed by atoms with Crippen LogP contribution in [0.3, 0.4) is 0 Å². The molecule has 0 saturated carbocycles. The van der Waals surface area contributed by atoms with Crippen molar-refractivity contribution >= 4 is 70.0 Å². The number of hydrogen-bond donors (Lipinski definition) is 2. The molecular weight excluding hydrogens is 500 g/mol. The average molecular weight is 513 g/mol. The number of urea groups is 1.